The predicted molar refractivity (Wildman–Crippen MR) is 77.0 cm³/mol. The highest BCUT2D eigenvalue weighted by atomic mass is 16.6. The molecule has 0 radical (unpaired) electrons. The van der Waals surface area contributed by atoms with E-state index in [4.69, 9.17) is 4.74 Å². The number of ether oxygens (including phenoxy) is 1. The number of carbonyl (C=O) groups is 2. The zero-order valence-electron chi connectivity index (χ0n) is 13.0. The Morgan fingerprint density at radius 1 is 0.900 bits per heavy atom. The van der Waals surface area contributed by atoms with Gasteiger partial charge in [-0.25, -0.2) is 0 Å². The zero-order chi connectivity index (χ0) is 15.2. The third kappa shape index (κ3) is 10.8. The Labute approximate surface area is 122 Å². The van der Waals surface area contributed by atoms with Crippen LogP contribution in [0, 0.1) is 0 Å². The van der Waals surface area contributed by atoms with Crippen molar-refractivity contribution in [3.8, 4) is 0 Å². The monoisotopic (exact) mass is 285 g/mol. The van der Waals surface area contributed by atoms with Gasteiger partial charge in [0.25, 0.3) is 0 Å². The van der Waals surface area contributed by atoms with E-state index in [0.29, 0.717) is 6.42 Å². The summed E-state index contributed by atoms with van der Waals surface area (Å²) in [5, 5.41) is 10.6. The Balaban J connectivity index is 3.41. The third-order valence-corrected chi connectivity index (χ3v) is 3.39. The second-order valence-electron chi connectivity index (χ2n) is 5.28. The van der Waals surface area contributed by atoms with Gasteiger partial charge in [0.15, 0.2) is 0 Å². The van der Waals surface area contributed by atoms with Gasteiger partial charge in [0.05, 0.1) is 5.97 Å². The van der Waals surface area contributed by atoms with Gasteiger partial charge in [-0.1, -0.05) is 65.2 Å². The first-order valence-corrected chi connectivity index (χ1v) is 8.02. The summed E-state index contributed by atoms with van der Waals surface area (Å²) in [6.45, 7) is 3.87. The van der Waals surface area contributed by atoms with Gasteiger partial charge in [0.2, 0.25) is 0 Å². The molecule has 0 bridgehead atoms. The number of hydrogen-bond donors (Lipinski definition) is 0. The molecule has 0 amide bonds. The van der Waals surface area contributed by atoms with Crippen LogP contribution in [0.25, 0.3) is 0 Å². The molecule has 1 unspecified atom stereocenters. The summed E-state index contributed by atoms with van der Waals surface area (Å²) in [7, 11) is 0. The van der Waals surface area contributed by atoms with Gasteiger partial charge in [-0.3, -0.25) is 4.79 Å². The molecule has 20 heavy (non-hydrogen) atoms. The van der Waals surface area contributed by atoms with E-state index in [9.17, 15) is 14.7 Å². The SMILES string of the molecule is CCCCCCCCCCCC(=O)OC(CC)C(=O)[O-]. The molecule has 0 aromatic heterocycles. The van der Waals surface area contributed by atoms with Gasteiger partial charge >= 0.3 is 5.97 Å². The number of carboxylic acid groups (broad SMARTS) is 1. The van der Waals surface area contributed by atoms with E-state index in [1.807, 2.05) is 0 Å². The summed E-state index contributed by atoms with van der Waals surface area (Å²) in [6, 6.07) is 0. The van der Waals surface area contributed by atoms with Crippen molar-refractivity contribution in [3.05, 3.63) is 0 Å². The van der Waals surface area contributed by atoms with Gasteiger partial charge in [-0.05, 0) is 12.8 Å². The van der Waals surface area contributed by atoms with Crippen molar-refractivity contribution in [1.82, 2.24) is 0 Å². The Morgan fingerprint density at radius 2 is 1.40 bits per heavy atom. The molecule has 0 saturated carbocycles. The largest absolute Gasteiger partial charge is 0.546 e. The molecule has 0 saturated heterocycles. The fraction of sp³-hybridized carbons (Fsp3) is 0.875. The lowest BCUT2D eigenvalue weighted by Crippen LogP contribution is -2.38. The Kier molecular flexibility index (Phi) is 12.3. The number of aliphatic carboxylic acids is 1. The lowest BCUT2D eigenvalue weighted by Gasteiger charge is -2.16. The van der Waals surface area contributed by atoms with Crippen molar-refractivity contribution in [1.29, 1.82) is 0 Å². The maximum absolute atomic E-state index is 11.4. The topological polar surface area (TPSA) is 66.4 Å². The Hall–Kier alpha value is -1.06. The van der Waals surface area contributed by atoms with Crippen LogP contribution in [-0.2, 0) is 14.3 Å². The molecule has 0 rings (SSSR count). The molecule has 1 atom stereocenters. The summed E-state index contributed by atoms with van der Waals surface area (Å²) < 4.78 is 4.83. The summed E-state index contributed by atoms with van der Waals surface area (Å²) >= 11 is 0. The van der Waals surface area contributed by atoms with E-state index in [0.717, 1.165) is 19.3 Å². The zero-order valence-corrected chi connectivity index (χ0v) is 13.0. The van der Waals surface area contributed by atoms with Crippen LogP contribution in [0.3, 0.4) is 0 Å². The molecule has 0 heterocycles. The molecule has 0 spiro atoms. The number of esters is 1. The van der Waals surface area contributed by atoms with Gasteiger partial charge in [-0.15, -0.1) is 0 Å². The van der Waals surface area contributed by atoms with Crippen LogP contribution in [0.4, 0.5) is 0 Å². The smallest absolute Gasteiger partial charge is 0.306 e. The fourth-order valence-corrected chi connectivity index (χ4v) is 2.10. The maximum Gasteiger partial charge on any atom is 0.306 e. The standard InChI is InChI=1S/C16H30O4/c1-3-5-6-7-8-9-10-11-12-13-15(17)20-14(4-2)16(18)19/h14H,3-13H2,1-2H3,(H,18,19)/p-1. The van der Waals surface area contributed by atoms with E-state index < -0.39 is 18.0 Å². The molecule has 0 aromatic carbocycles. The van der Waals surface area contributed by atoms with Crippen molar-refractivity contribution in [2.45, 2.75) is 90.6 Å². The Bertz CT molecular complexity index is 263. The van der Waals surface area contributed by atoms with Crippen molar-refractivity contribution < 1.29 is 19.4 Å². The molecule has 4 heteroatoms. The lowest BCUT2D eigenvalue weighted by molar-refractivity contribution is -0.315. The molecule has 0 N–H and O–H groups in total. The van der Waals surface area contributed by atoms with Crippen LogP contribution < -0.4 is 5.11 Å². The number of hydrogen-bond acceptors (Lipinski definition) is 4. The van der Waals surface area contributed by atoms with Gasteiger partial charge < -0.3 is 14.6 Å². The first-order valence-electron chi connectivity index (χ1n) is 8.02. The van der Waals surface area contributed by atoms with Crippen molar-refractivity contribution >= 4 is 11.9 Å². The average Bonchev–Trinajstić information content (AvgIpc) is 2.42. The van der Waals surface area contributed by atoms with Gasteiger partial charge in [0.1, 0.15) is 6.10 Å². The van der Waals surface area contributed by atoms with Crippen molar-refractivity contribution in [2.75, 3.05) is 0 Å². The predicted octanol–water partition coefficient (Wildman–Crippen LogP) is 2.98. The third-order valence-electron chi connectivity index (χ3n) is 3.39. The minimum atomic E-state index is -1.31. The minimum Gasteiger partial charge on any atom is -0.546 e. The molecular formula is C16H29O4-. The summed E-state index contributed by atoms with van der Waals surface area (Å²) in [5.74, 6) is -1.74. The average molecular weight is 285 g/mol. The van der Waals surface area contributed by atoms with E-state index in [2.05, 4.69) is 6.92 Å². The van der Waals surface area contributed by atoms with Crippen molar-refractivity contribution in [3.63, 3.8) is 0 Å². The second kappa shape index (κ2) is 12.9. The van der Waals surface area contributed by atoms with Crippen molar-refractivity contribution in [2.24, 2.45) is 0 Å². The molecule has 0 aliphatic rings. The molecule has 0 aromatic rings. The summed E-state index contributed by atoms with van der Waals surface area (Å²) in [6.07, 6.45) is 10.1. The van der Waals surface area contributed by atoms with Crippen LogP contribution in [0.1, 0.15) is 84.5 Å². The molecular weight excluding hydrogens is 256 g/mol. The second-order valence-corrected chi connectivity index (χ2v) is 5.28. The minimum absolute atomic E-state index is 0.256. The highest BCUT2D eigenvalue weighted by molar-refractivity contribution is 5.76. The highest BCUT2D eigenvalue weighted by Gasteiger charge is 2.12. The van der Waals surface area contributed by atoms with E-state index in [1.54, 1.807) is 6.92 Å². The molecule has 118 valence electrons. The van der Waals surface area contributed by atoms with Crippen LogP contribution in [0.15, 0.2) is 0 Å². The molecule has 0 aliphatic carbocycles. The van der Waals surface area contributed by atoms with Gasteiger partial charge in [0, 0.05) is 6.42 Å². The van der Waals surface area contributed by atoms with Crippen LogP contribution in [0.2, 0.25) is 0 Å². The first kappa shape index (κ1) is 18.9. The van der Waals surface area contributed by atoms with E-state index in [1.165, 1.54) is 38.5 Å². The molecule has 0 fully saturated rings. The van der Waals surface area contributed by atoms with E-state index in [-0.39, 0.29) is 6.42 Å². The van der Waals surface area contributed by atoms with E-state index >= 15 is 0 Å². The number of rotatable bonds is 13. The quantitative estimate of drug-likeness (QED) is 0.385. The van der Waals surface area contributed by atoms with Crippen LogP contribution in [0.5, 0.6) is 0 Å². The Morgan fingerprint density at radius 3 is 1.85 bits per heavy atom. The van der Waals surface area contributed by atoms with Gasteiger partial charge in [-0.2, -0.15) is 0 Å². The molecule has 0 aliphatic heterocycles. The molecule has 4 nitrogen and oxygen atoms in total. The fourth-order valence-electron chi connectivity index (χ4n) is 2.10. The summed E-state index contributed by atoms with van der Waals surface area (Å²) in [4.78, 5) is 22.0. The van der Waals surface area contributed by atoms with Crippen LogP contribution >= 0.6 is 0 Å². The number of carboxylic acids is 1. The lowest BCUT2D eigenvalue weighted by atomic mass is 10.1. The highest BCUT2D eigenvalue weighted by Crippen LogP contribution is 2.11. The summed E-state index contributed by atoms with van der Waals surface area (Å²) in [5.41, 5.74) is 0. The number of unbranched alkanes of at least 4 members (excludes halogenated alkanes) is 8. The maximum atomic E-state index is 11.4. The van der Waals surface area contributed by atoms with Crippen LogP contribution in [-0.4, -0.2) is 18.0 Å². The first-order chi connectivity index (χ1) is 9.61. The number of carbonyl (C=O) groups excluding carboxylic acids is 2. The normalized spacial score (nSPS) is 12.1.